The van der Waals surface area contributed by atoms with Crippen LogP contribution in [0.3, 0.4) is 0 Å². The third-order valence-corrected chi connectivity index (χ3v) is 6.55. The molecule has 3 aromatic rings. The summed E-state index contributed by atoms with van der Waals surface area (Å²) in [6.07, 6.45) is 2.24. The Morgan fingerprint density at radius 2 is 1.96 bits per heavy atom. The van der Waals surface area contributed by atoms with E-state index in [4.69, 9.17) is 0 Å². The summed E-state index contributed by atoms with van der Waals surface area (Å²) in [6.45, 7) is 2.20. The second-order valence-electron chi connectivity index (χ2n) is 6.48. The van der Waals surface area contributed by atoms with Gasteiger partial charge in [0.1, 0.15) is 10.6 Å². The van der Waals surface area contributed by atoms with Gasteiger partial charge in [-0.05, 0) is 63.3 Å². The topological polar surface area (TPSA) is 57.3 Å². The maximum atomic E-state index is 12.9. The van der Waals surface area contributed by atoms with Crippen molar-refractivity contribution in [2.45, 2.75) is 18.9 Å². The lowest BCUT2D eigenvalue weighted by Gasteiger charge is -2.29. The molecule has 0 saturated carbocycles. The standard InChI is InChI=1S/C18H19FN4OS2/c1-23-8-6-13(7-9-23)21-18-22-17-15(26-18)10-14(25-17)16(24)20-12-4-2-11(19)3-5-12/h2-5,10,13H,6-9H2,1H3,(H,20,24)(H,21,22). The van der Waals surface area contributed by atoms with Crippen molar-refractivity contribution < 1.29 is 9.18 Å². The van der Waals surface area contributed by atoms with Gasteiger partial charge in [-0.2, -0.15) is 0 Å². The number of carbonyl (C=O) groups excluding carboxylic acids is 1. The second kappa shape index (κ2) is 7.30. The molecule has 2 aromatic heterocycles. The Bertz CT molecular complexity index is 882. The molecule has 1 saturated heterocycles. The number of piperidine rings is 1. The fourth-order valence-electron chi connectivity index (χ4n) is 2.96. The van der Waals surface area contributed by atoms with E-state index in [-0.39, 0.29) is 11.7 Å². The molecule has 0 bridgehead atoms. The molecular weight excluding hydrogens is 371 g/mol. The van der Waals surface area contributed by atoms with Gasteiger partial charge in [-0.1, -0.05) is 11.3 Å². The number of hydrogen-bond acceptors (Lipinski definition) is 6. The number of thiophene rings is 1. The number of likely N-dealkylation sites (tertiary alicyclic amines) is 1. The fraction of sp³-hybridized carbons (Fsp3) is 0.333. The van der Waals surface area contributed by atoms with E-state index >= 15 is 0 Å². The lowest BCUT2D eigenvalue weighted by atomic mass is 10.1. The molecule has 1 aromatic carbocycles. The quantitative estimate of drug-likeness (QED) is 0.699. The van der Waals surface area contributed by atoms with Crippen molar-refractivity contribution in [2.75, 3.05) is 30.8 Å². The molecule has 1 aliphatic rings. The summed E-state index contributed by atoms with van der Waals surface area (Å²) >= 11 is 2.96. The Morgan fingerprint density at radius 3 is 2.65 bits per heavy atom. The van der Waals surface area contributed by atoms with Crippen LogP contribution in [0.25, 0.3) is 9.53 Å². The van der Waals surface area contributed by atoms with Crippen molar-refractivity contribution in [3.8, 4) is 0 Å². The molecule has 1 fully saturated rings. The first-order valence-corrected chi connectivity index (χ1v) is 10.1. The van der Waals surface area contributed by atoms with Crippen molar-refractivity contribution in [2.24, 2.45) is 0 Å². The second-order valence-corrected chi connectivity index (χ2v) is 8.54. The summed E-state index contributed by atoms with van der Waals surface area (Å²) in [6, 6.07) is 8.08. The first-order chi connectivity index (χ1) is 12.6. The molecule has 1 aliphatic heterocycles. The van der Waals surface area contributed by atoms with E-state index in [1.165, 1.54) is 23.5 Å². The molecular formula is C18H19FN4OS2. The van der Waals surface area contributed by atoms with E-state index < -0.39 is 0 Å². The van der Waals surface area contributed by atoms with Crippen LogP contribution in [0.15, 0.2) is 30.3 Å². The van der Waals surface area contributed by atoms with Crippen LogP contribution >= 0.6 is 22.7 Å². The Kier molecular flexibility index (Phi) is 4.88. The number of fused-ring (bicyclic) bond motifs is 1. The first-order valence-electron chi connectivity index (χ1n) is 8.49. The maximum absolute atomic E-state index is 12.9. The third-order valence-electron chi connectivity index (χ3n) is 4.46. The van der Waals surface area contributed by atoms with Crippen molar-refractivity contribution in [1.82, 2.24) is 9.88 Å². The van der Waals surface area contributed by atoms with Crippen LogP contribution in [0.1, 0.15) is 22.5 Å². The minimum Gasteiger partial charge on any atom is -0.359 e. The Hall–Kier alpha value is -2.03. The number of nitrogens with zero attached hydrogens (tertiary/aromatic N) is 2. The molecule has 5 nitrogen and oxygen atoms in total. The third kappa shape index (κ3) is 3.87. The van der Waals surface area contributed by atoms with Gasteiger partial charge in [0.15, 0.2) is 5.13 Å². The summed E-state index contributed by atoms with van der Waals surface area (Å²) in [5.74, 6) is -0.523. The minimum absolute atomic E-state index is 0.198. The van der Waals surface area contributed by atoms with Crippen LogP contribution in [0, 0.1) is 5.82 Å². The van der Waals surface area contributed by atoms with E-state index in [2.05, 4.69) is 27.6 Å². The number of thiazole rings is 1. The lowest BCUT2D eigenvalue weighted by Crippen LogP contribution is -2.36. The normalized spacial score (nSPS) is 16.1. The van der Waals surface area contributed by atoms with Crippen molar-refractivity contribution in [3.05, 3.63) is 41.0 Å². The average Bonchev–Trinajstić information content (AvgIpc) is 3.17. The molecule has 26 heavy (non-hydrogen) atoms. The molecule has 1 amide bonds. The first kappa shape index (κ1) is 17.4. The zero-order chi connectivity index (χ0) is 18.1. The van der Waals surface area contributed by atoms with Crippen molar-refractivity contribution >= 4 is 48.9 Å². The summed E-state index contributed by atoms with van der Waals surface area (Å²) in [4.78, 5) is 20.8. The number of nitrogens with one attached hydrogen (secondary N) is 2. The molecule has 136 valence electrons. The molecule has 0 aliphatic carbocycles. The Balaban J connectivity index is 1.42. The predicted molar refractivity (Wildman–Crippen MR) is 106 cm³/mol. The number of hydrogen-bond donors (Lipinski definition) is 2. The number of halogens is 1. The van der Waals surface area contributed by atoms with Gasteiger partial charge in [-0.3, -0.25) is 4.79 Å². The molecule has 0 radical (unpaired) electrons. The monoisotopic (exact) mass is 390 g/mol. The molecule has 3 heterocycles. The molecule has 0 spiro atoms. The average molecular weight is 391 g/mol. The molecule has 4 rings (SSSR count). The van der Waals surface area contributed by atoms with Crippen LogP contribution in [-0.4, -0.2) is 42.0 Å². The smallest absolute Gasteiger partial charge is 0.265 e. The van der Waals surface area contributed by atoms with Gasteiger partial charge < -0.3 is 15.5 Å². The van der Waals surface area contributed by atoms with Gasteiger partial charge in [0.2, 0.25) is 0 Å². The molecule has 2 N–H and O–H groups in total. The van der Waals surface area contributed by atoms with E-state index in [0.717, 1.165) is 40.6 Å². The number of anilines is 2. The van der Waals surface area contributed by atoms with Crippen LogP contribution in [-0.2, 0) is 0 Å². The highest BCUT2D eigenvalue weighted by molar-refractivity contribution is 7.29. The zero-order valence-corrected chi connectivity index (χ0v) is 15.9. The summed E-state index contributed by atoms with van der Waals surface area (Å²) in [5.41, 5.74) is 0.575. The Morgan fingerprint density at radius 1 is 1.23 bits per heavy atom. The number of rotatable bonds is 4. The van der Waals surface area contributed by atoms with Gasteiger partial charge in [-0.15, -0.1) is 11.3 Å². The highest BCUT2D eigenvalue weighted by Gasteiger charge is 2.19. The van der Waals surface area contributed by atoms with E-state index in [1.807, 2.05) is 6.07 Å². The fourth-order valence-corrected chi connectivity index (χ4v) is 5.05. The molecule has 8 heteroatoms. The summed E-state index contributed by atoms with van der Waals surface area (Å²) in [5, 5.41) is 7.23. The lowest BCUT2D eigenvalue weighted by molar-refractivity contribution is 0.103. The van der Waals surface area contributed by atoms with Gasteiger partial charge in [0.05, 0.1) is 9.58 Å². The predicted octanol–water partition coefficient (Wildman–Crippen LogP) is 4.26. The van der Waals surface area contributed by atoms with Crippen molar-refractivity contribution in [3.63, 3.8) is 0 Å². The molecule has 0 atom stereocenters. The van der Waals surface area contributed by atoms with Crippen LogP contribution < -0.4 is 10.6 Å². The van der Waals surface area contributed by atoms with E-state index in [9.17, 15) is 9.18 Å². The summed E-state index contributed by atoms with van der Waals surface area (Å²) < 4.78 is 14.0. The van der Waals surface area contributed by atoms with Gasteiger partial charge in [0.25, 0.3) is 5.91 Å². The zero-order valence-electron chi connectivity index (χ0n) is 14.3. The number of amides is 1. The molecule has 0 unspecified atom stereocenters. The van der Waals surface area contributed by atoms with Crippen LogP contribution in [0.5, 0.6) is 0 Å². The van der Waals surface area contributed by atoms with Gasteiger partial charge in [0, 0.05) is 11.7 Å². The van der Waals surface area contributed by atoms with E-state index in [0.29, 0.717) is 16.6 Å². The highest BCUT2D eigenvalue weighted by atomic mass is 32.1. The van der Waals surface area contributed by atoms with Crippen LogP contribution in [0.2, 0.25) is 0 Å². The van der Waals surface area contributed by atoms with Crippen molar-refractivity contribution in [1.29, 1.82) is 0 Å². The maximum Gasteiger partial charge on any atom is 0.265 e. The van der Waals surface area contributed by atoms with Crippen LogP contribution in [0.4, 0.5) is 15.2 Å². The largest absolute Gasteiger partial charge is 0.359 e. The SMILES string of the molecule is CN1CCC(Nc2nc3sc(C(=O)Nc4ccc(F)cc4)cc3s2)CC1. The summed E-state index contributed by atoms with van der Waals surface area (Å²) in [7, 11) is 2.15. The highest BCUT2D eigenvalue weighted by Crippen LogP contribution is 2.34. The van der Waals surface area contributed by atoms with Gasteiger partial charge in [-0.25, -0.2) is 9.37 Å². The number of benzene rings is 1. The number of aromatic nitrogens is 1. The van der Waals surface area contributed by atoms with E-state index in [1.54, 1.807) is 23.5 Å². The van der Waals surface area contributed by atoms with Gasteiger partial charge >= 0.3 is 0 Å². The number of carbonyl (C=O) groups is 1. The minimum atomic E-state index is -0.325. The Labute approximate surface area is 158 Å².